The second kappa shape index (κ2) is 2.57. The van der Waals surface area contributed by atoms with Crippen molar-refractivity contribution in [3.8, 4) is 0 Å². The van der Waals surface area contributed by atoms with Crippen LogP contribution < -0.4 is 0 Å². The van der Waals surface area contributed by atoms with E-state index in [1.54, 1.807) is 11.3 Å². The molecule has 11 heavy (non-hydrogen) atoms. The summed E-state index contributed by atoms with van der Waals surface area (Å²) in [5.41, 5.74) is 2.38. The lowest BCUT2D eigenvalue weighted by Crippen LogP contribution is -1.74. The van der Waals surface area contributed by atoms with Gasteiger partial charge in [-0.15, -0.1) is 11.3 Å². The zero-order valence-electron chi connectivity index (χ0n) is 5.97. The van der Waals surface area contributed by atoms with Crippen LogP contribution in [0.15, 0.2) is 22.1 Å². The minimum Gasteiger partial charge on any atom is -0.254 e. The first-order valence-electron chi connectivity index (χ1n) is 3.27. The van der Waals surface area contributed by atoms with Crippen LogP contribution in [-0.2, 0) is 0 Å². The Hall–Kier alpha value is -0.410. The molecule has 0 unspecified atom stereocenters. The number of rotatable bonds is 0. The largest absolute Gasteiger partial charge is 0.254 e. The molecule has 2 heterocycles. The summed E-state index contributed by atoms with van der Waals surface area (Å²) in [6, 6.07) is 2.10. The number of hydrogen-bond acceptors (Lipinski definition) is 2. The van der Waals surface area contributed by atoms with E-state index in [2.05, 4.69) is 39.3 Å². The van der Waals surface area contributed by atoms with E-state index < -0.39 is 0 Å². The summed E-state index contributed by atoms with van der Waals surface area (Å²) in [4.78, 5) is 4.30. The zero-order chi connectivity index (χ0) is 7.84. The molecule has 0 aliphatic heterocycles. The topological polar surface area (TPSA) is 12.9 Å². The standard InChI is InChI=1S/C8H6BrNS/c1-5-4-11-7-2-6(9)3-10-8(5)7/h2-4H,1H3. The fourth-order valence-electron chi connectivity index (χ4n) is 1.01. The molecule has 0 radical (unpaired) electrons. The Morgan fingerprint density at radius 3 is 3.18 bits per heavy atom. The third-order valence-electron chi connectivity index (χ3n) is 1.56. The van der Waals surface area contributed by atoms with Crippen molar-refractivity contribution in [3.63, 3.8) is 0 Å². The van der Waals surface area contributed by atoms with Gasteiger partial charge in [0.25, 0.3) is 0 Å². The fourth-order valence-corrected chi connectivity index (χ4v) is 2.43. The average molecular weight is 228 g/mol. The third kappa shape index (κ3) is 1.19. The number of fused-ring (bicyclic) bond motifs is 1. The monoisotopic (exact) mass is 227 g/mol. The smallest absolute Gasteiger partial charge is 0.0839 e. The molecule has 0 aliphatic carbocycles. The highest BCUT2D eigenvalue weighted by molar-refractivity contribution is 9.10. The molecule has 0 amide bonds. The van der Waals surface area contributed by atoms with E-state index in [0.717, 1.165) is 9.99 Å². The van der Waals surface area contributed by atoms with E-state index in [-0.39, 0.29) is 0 Å². The highest BCUT2D eigenvalue weighted by Crippen LogP contribution is 2.25. The Balaban J connectivity index is 2.86. The molecule has 0 aromatic carbocycles. The lowest BCUT2D eigenvalue weighted by atomic mass is 10.3. The minimum absolute atomic E-state index is 1.05. The van der Waals surface area contributed by atoms with Gasteiger partial charge in [-0.25, -0.2) is 0 Å². The molecule has 56 valence electrons. The van der Waals surface area contributed by atoms with E-state index >= 15 is 0 Å². The van der Waals surface area contributed by atoms with Crippen molar-refractivity contribution in [2.75, 3.05) is 0 Å². The van der Waals surface area contributed by atoms with Crippen LogP contribution in [-0.4, -0.2) is 4.98 Å². The van der Waals surface area contributed by atoms with E-state index in [4.69, 9.17) is 0 Å². The maximum Gasteiger partial charge on any atom is 0.0839 e. The fraction of sp³-hybridized carbons (Fsp3) is 0.125. The zero-order valence-corrected chi connectivity index (χ0v) is 8.37. The SMILES string of the molecule is Cc1csc2cc(Br)cnc12. The minimum atomic E-state index is 1.05. The maximum absolute atomic E-state index is 4.30. The van der Waals surface area contributed by atoms with Gasteiger partial charge >= 0.3 is 0 Å². The van der Waals surface area contributed by atoms with Crippen molar-refractivity contribution >= 4 is 37.5 Å². The molecule has 0 saturated carbocycles. The number of halogens is 1. The van der Waals surface area contributed by atoms with Crippen LogP contribution in [0.4, 0.5) is 0 Å². The lowest BCUT2D eigenvalue weighted by molar-refractivity contribution is 1.37. The molecule has 0 saturated heterocycles. The summed E-state index contributed by atoms with van der Waals surface area (Å²) in [5, 5.41) is 2.13. The number of nitrogens with zero attached hydrogens (tertiary/aromatic N) is 1. The summed E-state index contributed by atoms with van der Waals surface area (Å²) < 4.78 is 2.30. The van der Waals surface area contributed by atoms with Crippen molar-refractivity contribution in [2.45, 2.75) is 6.92 Å². The quantitative estimate of drug-likeness (QED) is 0.673. The van der Waals surface area contributed by atoms with Gasteiger partial charge in [0.1, 0.15) is 0 Å². The number of aromatic nitrogens is 1. The van der Waals surface area contributed by atoms with Crippen LogP contribution in [0.25, 0.3) is 10.2 Å². The van der Waals surface area contributed by atoms with Gasteiger partial charge in [0.2, 0.25) is 0 Å². The van der Waals surface area contributed by atoms with Crippen LogP contribution in [0.5, 0.6) is 0 Å². The normalized spacial score (nSPS) is 10.7. The van der Waals surface area contributed by atoms with E-state index in [1.165, 1.54) is 10.3 Å². The molecular formula is C8H6BrNS. The highest BCUT2D eigenvalue weighted by Gasteiger charge is 2.00. The second-order valence-electron chi connectivity index (χ2n) is 2.42. The van der Waals surface area contributed by atoms with Gasteiger partial charge in [-0.1, -0.05) is 0 Å². The van der Waals surface area contributed by atoms with Gasteiger partial charge in [0.05, 0.1) is 10.2 Å². The third-order valence-corrected chi connectivity index (χ3v) is 3.03. The average Bonchev–Trinajstić information content (AvgIpc) is 2.32. The summed E-state index contributed by atoms with van der Waals surface area (Å²) in [6.45, 7) is 2.08. The van der Waals surface area contributed by atoms with Gasteiger partial charge in [0.15, 0.2) is 0 Å². The number of pyridine rings is 1. The Morgan fingerprint density at radius 2 is 2.36 bits per heavy atom. The predicted molar refractivity (Wildman–Crippen MR) is 52.1 cm³/mol. The van der Waals surface area contributed by atoms with E-state index in [0.29, 0.717) is 0 Å². The van der Waals surface area contributed by atoms with Gasteiger partial charge in [0, 0.05) is 10.7 Å². The van der Waals surface area contributed by atoms with Gasteiger partial charge in [-0.05, 0) is 39.9 Å². The number of thiophene rings is 1. The molecule has 3 heteroatoms. The van der Waals surface area contributed by atoms with Crippen molar-refractivity contribution in [3.05, 3.63) is 27.7 Å². The first-order valence-corrected chi connectivity index (χ1v) is 4.94. The molecule has 2 rings (SSSR count). The Morgan fingerprint density at radius 1 is 1.55 bits per heavy atom. The summed E-state index contributed by atoms with van der Waals surface area (Å²) in [5.74, 6) is 0. The summed E-state index contributed by atoms with van der Waals surface area (Å²) in [7, 11) is 0. The second-order valence-corrected chi connectivity index (χ2v) is 4.25. The number of hydrogen-bond donors (Lipinski definition) is 0. The van der Waals surface area contributed by atoms with Gasteiger partial charge in [-0.2, -0.15) is 0 Å². The van der Waals surface area contributed by atoms with Crippen molar-refractivity contribution < 1.29 is 0 Å². The molecule has 0 atom stereocenters. The van der Waals surface area contributed by atoms with Crippen LogP contribution in [0, 0.1) is 6.92 Å². The molecule has 1 nitrogen and oxygen atoms in total. The maximum atomic E-state index is 4.30. The predicted octanol–water partition coefficient (Wildman–Crippen LogP) is 3.37. The summed E-state index contributed by atoms with van der Waals surface area (Å²) in [6.07, 6.45) is 1.84. The Bertz CT molecular complexity index is 394. The van der Waals surface area contributed by atoms with E-state index in [9.17, 15) is 0 Å². The molecule has 0 fully saturated rings. The Kier molecular flexibility index (Phi) is 1.69. The van der Waals surface area contributed by atoms with E-state index in [1.807, 2.05) is 6.20 Å². The van der Waals surface area contributed by atoms with Crippen molar-refractivity contribution in [1.82, 2.24) is 4.98 Å². The Labute approximate surface area is 77.2 Å². The highest BCUT2D eigenvalue weighted by atomic mass is 79.9. The summed E-state index contributed by atoms with van der Waals surface area (Å²) >= 11 is 5.12. The lowest BCUT2D eigenvalue weighted by Gasteiger charge is -1.90. The van der Waals surface area contributed by atoms with Crippen LogP contribution in [0.2, 0.25) is 0 Å². The molecule has 0 aliphatic rings. The van der Waals surface area contributed by atoms with Crippen LogP contribution in [0.1, 0.15) is 5.56 Å². The van der Waals surface area contributed by atoms with Gasteiger partial charge in [-0.3, -0.25) is 4.98 Å². The molecule has 0 spiro atoms. The van der Waals surface area contributed by atoms with Crippen LogP contribution >= 0.6 is 27.3 Å². The molecular weight excluding hydrogens is 222 g/mol. The first-order chi connectivity index (χ1) is 5.27. The molecule has 2 aromatic rings. The first kappa shape index (κ1) is 7.25. The molecule has 0 N–H and O–H groups in total. The molecule has 0 bridgehead atoms. The van der Waals surface area contributed by atoms with Gasteiger partial charge < -0.3 is 0 Å². The number of aryl methyl sites for hydroxylation is 1. The molecule has 2 aromatic heterocycles. The van der Waals surface area contributed by atoms with Crippen molar-refractivity contribution in [1.29, 1.82) is 0 Å². The van der Waals surface area contributed by atoms with Crippen molar-refractivity contribution in [2.24, 2.45) is 0 Å². The van der Waals surface area contributed by atoms with Crippen LogP contribution in [0.3, 0.4) is 0 Å².